The summed E-state index contributed by atoms with van der Waals surface area (Å²) < 4.78 is 1.99. The van der Waals surface area contributed by atoms with Crippen molar-refractivity contribution in [2.24, 2.45) is 5.92 Å². The predicted molar refractivity (Wildman–Crippen MR) is 116 cm³/mol. The number of carbonyl (C=O) groups is 1. The van der Waals surface area contributed by atoms with E-state index in [4.69, 9.17) is 23.2 Å². The van der Waals surface area contributed by atoms with Crippen LogP contribution >= 0.6 is 23.2 Å². The second-order valence-corrected chi connectivity index (χ2v) is 8.94. The molecule has 2 saturated carbocycles. The van der Waals surface area contributed by atoms with Crippen LogP contribution in [0.2, 0.25) is 10.0 Å². The molecule has 0 unspecified atom stereocenters. The molecule has 2 aromatic heterocycles. The van der Waals surface area contributed by atoms with Gasteiger partial charge in [-0.2, -0.15) is 0 Å². The number of hydrogen-bond donors (Lipinski definition) is 1. The number of ketones is 1. The van der Waals surface area contributed by atoms with E-state index in [0.717, 1.165) is 47.8 Å². The number of pyridine rings is 1. The van der Waals surface area contributed by atoms with E-state index in [9.17, 15) is 4.79 Å². The third-order valence-corrected chi connectivity index (χ3v) is 6.63. The van der Waals surface area contributed by atoms with Crippen LogP contribution in [0.4, 0.5) is 5.69 Å². The fraction of sp³-hybridized carbons (Fsp3) is 0.409. The van der Waals surface area contributed by atoms with Crippen LogP contribution in [0, 0.1) is 5.92 Å². The summed E-state index contributed by atoms with van der Waals surface area (Å²) in [6.45, 7) is 0. The zero-order valence-corrected chi connectivity index (χ0v) is 17.5. The standard InChI is InChI=1S/C22H22Cl2N4O/c23-18-12-14(3-8-19(18)25-15-4-6-16(29)7-5-15)17-9-10-28-20(11-13-1-2-13)26-27-22(28)21(17)24/h3,8-10,12-13,15,25H,1-2,4-7,11H2. The summed E-state index contributed by atoms with van der Waals surface area (Å²) >= 11 is 13.2. The highest BCUT2D eigenvalue weighted by Gasteiger charge is 2.25. The topological polar surface area (TPSA) is 59.3 Å². The lowest BCUT2D eigenvalue weighted by molar-refractivity contribution is -0.120. The van der Waals surface area contributed by atoms with Crippen molar-refractivity contribution in [3.63, 3.8) is 0 Å². The number of halogens is 2. The number of fused-ring (bicyclic) bond motifs is 1. The van der Waals surface area contributed by atoms with Crippen molar-refractivity contribution in [2.75, 3.05) is 5.32 Å². The largest absolute Gasteiger partial charge is 0.381 e. The van der Waals surface area contributed by atoms with Crippen molar-refractivity contribution in [3.8, 4) is 11.1 Å². The fourth-order valence-corrected chi connectivity index (χ4v) is 4.55. The van der Waals surface area contributed by atoms with E-state index in [0.29, 0.717) is 34.3 Å². The van der Waals surface area contributed by atoms with Crippen molar-refractivity contribution in [1.82, 2.24) is 14.6 Å². The lowest BCUT2D eigenvalue weighted by Crippen LogP contribution is -2.26. The molecule has 5 nitrogen and oxygen atoms in total. The van der Waals surface area contributed by atoms with E-state index in [2.05, 4.69) is 15.5 Å². The van der Waals surface area contributed by atoms with Crippen LogP contribution < -0.4 is 5.32 Å². The highest BCUT2D eigenvalue weighted by Crippen LogP contribution is 2.36. The second kappa shape index (κ2) is 7.62. The molecule has 1 aromatic carbocycles. The maximum absolute atomic E-state index is 11.4. The molecule has 0 spiro atoms. The van der Waals surface area contributed by atoms with Gasteiger partial charge in [0.25, 0.3) is 0 Å². The minimum Gasteiger partial charge on any atom is -0.381 e. The van der Waals surface area contributed by atoms with Crippen molar-refractivity contribution >= 4 is 40.3 Å². The molecular formula is C22H22Cl2N4O. The first-order chi connectivity index (χ1) is 14.1. The van der Waals surface area contributed by atoms with E-state index in [1.165, 1.54) is 12.8 Å². The molecule has 0 radical (unpaired) electrons. The van der Waals surface area contributed by atoms with Crippen LogP contribution in [0.25, 0.3) is 16.8 Å². The van der Waals surface area contributed by atoms with E-state index in [1.807, 2.05) is 34.9 Å². The number of anilines is 1. The Balaban J connectivity index is 1.40. The molecule has 0 aliphatic heterocycles. The summed E-state index contributed by atoms with van der Waals surface area (Å²) in [5.74, 6) is 2.06. The molecule has 0 atom stereocenters. The van der Waals surface area contributed by atoms with E-state index in [1.54, 1.807) is 0 Å². The first kappa shape index (κ1) is 18.9. The number of carbonyl (C=O) groups excluding carboxylic acids is 1. The highest BCUT2D eigenvalue weighted by molar-refractivity contribution is 6.36. The first-order valence-corrected chi connectivity index (χ1v) is 10.9. The van der Waals surface area contributed by atoms with Crippen LogP contribution in [0.5, 0.6) is 0 Å². The molecular weight excluding hydrogens is 407 g/mol. The van der Waals surface area contributed by atoms with Crippen LogP contribution in [0.15, 0.2) is 30.5 Å². The Morgan fingerprint density at radius 3 is 2.59 bits per heavy atom. The van der Waals surface area contributed by atoms with Gasteiger partial charge in [0.2, 0.25) is 0 Å². The van der Waals surface area contributed by atoms with Gasteiger partial charge in [-0.05, 0) is 55.4 Å². The number of nitrogens with one attached hydrogen (secondary N) is 1. The van der Waals surface area contributed by atoms with Gasteiger partial charge in [0.05, 0.1) is 15.7 Å². The van der Waals surface area contributed by atoms with Gasteiger partial charge in [-0.3, -0.25) is 9.20 Å². The molecule has 3 aromatic rings. The van der Waals surface area contributed by atoms with E-state index in [-0.39, 0.29) is 6.04 Å². The quantitative estimate of drug-likeness (QED) is 0.575. The van der Waals surface area contributed by atoms with Crippen LogP contribution in [0.1, 0.15) is 44.3 Å². The molecule has 2 aliphatic rings. The SMILES string of the molecule is O=C1CCC(Nc2ccc(-c3ccn4c(CC5CC5)nnc4c3Cl)cc2Cl)CC1. The van der Waals surface area contributed by atoms with Gasteiger partial charge in [-0.15, -0.1) is 10.2 Å². The smallest absolute Gasteiger partial charge is 0.180 e. The molecule has 2 aliphatic carbocycles. The molecule has 7 heteroatoms. The summed E-state index contributed by atoms with van der Waals surface area (Å²) in [6.07, 6.45) is 8.50. The average molecular weight is 429 g/mol. The Bertz CT molecular complexity index is 1080. The molecule has 0 bridgehead atoms. The number of rotatable bonds is 5. The first-order valence-electron chi connectivity index (χ1n) is 10.2. The number of nitrogens with zero attached hydrogens (tertiary/aromatic N) is 3. The summed E-state index contributed by atoms with van der Waals surface area (Å²) in [4.78, 5) is 11.4. The minimum atomic E-state index is 0.289. The minimum absolute atomic E-state index is 0.289. The van der Waals surface area contributed by atoms with E-state index < -0.39 is 0 Å². The number of aromatic nitrogens is 3. The maximum atomic E-state index is 11.4. The van der Waals surface area contributed by atoms with Crippen molar-refractivity contribution in [2.45, 2.75) is 51.0 Å². The summed E-state index contributed by atoms with van der Waals surface area (Å²) in [6, 6.07) is 8.22. The van der Waals surface area contributed by atoms with Gasteiger partial charge in [-0.1, -0.05) is 29.3 Å². The Kier molecular flexibility index (Phi) is 4.96. The molecule has 0 saturated heterocycles. The van der Waals surface area contributed by atoms with Gasteiger partial charge < -0.3 is 5.32 Å². The molecule has 29 heavy (non-hydrogen) atoms. The average Bonchev–Trinajstić information content (AvgIpc) is 3.44. The molecule has 150 valence electrons. The van der Waals surface area contributed by atoms with Gasteiger partial charge in [-0.25, -0.2) is 0 Å². The molecule has 2 heterocycles. The number of hydrogen-bond acceptors (Lipinski definition) is 4. The van der Waals surface area contributed by atoms with Crippen LogP contribution in [0.3, 0.4) is 0 Å². The van der Waals surface area contributed by atoms with Gasteiger partial charge in [0.15, 0.2) is 5.65 Å². The number of Topliss-reactive ketones (excluding diaryl/α,β-unsaturated/α-hetero) is 1. The van der Waals surface area contributed by atoms with Gasteiger partial charge in [0.1, 0.15) is 11.6 Å². The summed E-state index contributed by atoms with van der Waals surface area (Å²) in [7, 11) is 0. The number of benzene rings is 1. The zero-order valence-electron chi connectivity index (χ0n) is 16.0. The molecule has 2 fully saturated rings. The van der Waals surface area contributed by atoms with Crippen LogP contribution in [-0.2, 0) is 11.2 Å². The summed E-state index contributed by atoms with van der Waals surface area (Å²) in [5, 5.41) is 13.4. The fourth-order valence-electron chi connectivity index (χ4n) is 4.02. The Labute approximate surface area is 179 Å². The van der Waals surface area contributed by atoms with Gasteiger partial charge in [0, 0.05) is 37.1 Å². The van der Waals surface area contributed by atoms with Crippen molar-refractivity contribution in [1.29, 1.82) is 0 Å². The van der Waals surface area contributed by atoms with E-state index >= 15 is 0 Å². The normalized spacial score (nSPS) is 17.8. The predicted octanol–water partition coefficient (Wildman–Crippen LogP) is 5.58. The highest BCUT2D eigenvalue weighted by atomic mass is 35.5. The van der Waals surface area contributed by atoms with Gasteiger partial charge >= 0.3 is 0 Å². The lowest BCUT2D eigenvalue weighted by Gasteiger charge is -2.24. The Morgan fingerprint density at radius 2 is 1.86 bits per heavy atom. The maximum Gasteiger partial charge on any atom is 0.180 e. The second-order valence-electron chi connectivity index (χ2n) is 8.15. The Hall–Kier alpha value is -2.11. The lowest BCUT2D eigenvalue weighted by atomic mass is 9.94. The third-order valence-electron chi connectivity index (χ3n) is 5.94. The zero-order chi connectivity index (χ0) is 20.0. The van der Waals surface area contributed by atoms with Crippen molar-refractivity contribution in [3.05, 3.63) is 46.3 Å². The summed E-state index contributed by atoms with van der Waals surface area (Å²) in [5.41, 5.74) is 3.41. The Morgan fingerprint density at radius 1 is 1.07 bits per heavy atom. The molecule has 5 rings (SSSR count). The molecule has 0 amide bonds. The third kappa shape index (κ3) is 3.86. The monoisotopic (exact) mass is 428 g/mol. The van der Waals surface area contributed by atoms with Crippen molar-refractivity contribution < 1.29 is 4.79 Å². The molecule has 1 N–H and O–H groups in total. The van der Waals surface area contributed by atoms with Crippen LogP contribution in [-0.4, -0.2) is 26.4 Å².